The molecule has 2 atom stereocenters. The maximum atomic E-state index is 11.0. The van der Waals surface area contributed by atoms with Crippen molar-refractivity contribution in [1.82, 2.24) is 10.6 Å². The molecule has 6 nitrogen and oxygen atoms in total. The first-order valence-electron chi connectivity index (χ1n) is 4.35. The van der Waals surface area contributed by atoms with E-state index in [-0.39, 0.29) is 11.8 Å². The molecular formula is C8H14Cl2N2O4. The Bertz CT molecular complexity index is 216. The van der Waals surface area contributed by atoms with E-state index in [4.69, 9.17) is 32.7 Å². The summed E-state index contributed by atoms with van der Waals surface area (Å²) in [5.74, 6) is -1.29. The van der Waals surface area contributed by atoms with Crippen LogP contribution < -0.4 is 10.6 Å². The van der Waals surface area contributed by atoms with E-state index in [0.717, 1.165) is 0 Å². The van der Waals surface area contributed by atoms with Crippen molar-refractivity contribution in [2.45, 2.75) is 12.5 Å². The Balaban J connectivity index is 4.37. The van der Waals surface area contributed by atoms with Crippen molar-refractivity contribution < 1.29 is 19.1 Å². The normalized spacial score (nSPS) is 14.0. The van der Waals surface area contributed by atoms with Gasteiger partial charge in [-0.15, -0.1) is 23.2 Å². The van der Waals surface area contributed by atoms with Crippen LogP contribution in [-0.2, 0) is 19.1 Å². The molecule has 0 spiro atoms. The number of nitrogens with one attached hydrogen (secondary N) is 2. The Morgan fingerprint density at radius 3 is 1.50 bits per heavy atom. The summed E-state index contributed by atoms with van der Waals surface area (Å²) < 4.78 is 9.90. The molecule has 16 heavy (non-hydrogen) atoms. The molecule has 0 saturated heterocycles. The zero-order valence-electron chi connectivity index (χ0n) is 8.96. The van der Waals surface area contributed by atoms with Gasteiger partial charge in [0.25, 0.3) is 0 Å². The lowest BCUT2D eigenvalue weighted by molar-refractivity contribution is -0.136. The molecule has 8 heteroatoms. The van der Waals surface area contributed by atoms with Crippen molar-refractivity contribution in [2.75, 3.05) is 26.0 Å². The van der Waals surface area contributed by atoms with Crippen molar-refractivity contribution >= 4 is 35.0 Å². The smallest absolute Gasteiger partial charge is 0.237 e. The highest BCUT2D eigenvalue weighted by molar-refractivity contribution is 6.27. The van der Waals surface area contributed by atoms with E-state index in [1.165, 1.54) is 14.2 Å². The molecule has 0 heterocycles. The van der Waals surface area contributed by atoms with E-state index in [1.807, 2.05) is 0 Å². The Labute approximate surface area is 104 Å². The first kappa shape index (κ1) is 15.4. The lowest BCUT2D eigenvalue weighted by atomic mass is 10.4. The monoisotopic (exact) mass is 272 g/mol. The van der Waals surface area contributed by atoms with Gasteiger partial charge in [-0.05, 0) is 0 Å². The van der Waals surface area contributed by atoms with Gasteiger partial charge in [0.15, 0.2) is 12.5 Å². The molecule has 94 valence electrons. The summed E-state index contributed by atoms with van der Waals surface area (Å²) in [6.45, 7) is 0. The second-order valence-electron chi connectivity index (χ2n) is 2.71. The highest BCUT2D eigenvalue weighted by Gasteiger charge is 2.23. The molecular weight excluding hydrogens is 259 g/mol. The fourth-order valence-electron chi connectivity index (χ4n) is 0.911. The predicted octanol–water partition coefficient (Wildman–Crippen LogP) is -0.359. The molecule has 0 aromatic carbocycles. The minimum atomic E-state index is -0.830. The first-order valence-corrected chi connectivity index (χ1v) is 5.42. The van der Waals surface area contributed by atoms with Crippen molar-refractivity contribution in [3.05, 3.63) is 0 Å². The van der Waals surface area contributed by atoms with E-state index >= 15 is 0 Å². The van der Waals surface area contributed by atoms with Crippen LogP contribution in [0.1, 0.15) is 0 Å². The van der Waals surface area contributed by atoms with Crippen LogP contribution in [0.25, 0.3) is 0 Å². The van der Waals surface area contributed by atoms with Crippen molar-refractivity contribution in [2.24, 2.45) is 0 Å². The summed E-state index contributed by atoms with van der Waals surface area (Å²) in [5, 5.41) is 4.84. The standard InChI is InChI=1S/C8H14Cl2N2O4/c1-15-7(11-5(13)3-9)8(16-2)12-6(14)4-10/h7-8H,3-4H2,1-2H3,(H,11,13)(H,12,14). The molecule has 2 amide bonds. The second kappa shape index (κ2) is 8.58. The number of rotatable bonds is 7. The Kier molecular flexibility index (Phi) is 8.28. The zero-order valence-corrected chi connectivity index (χ0v) is 10.5. The number of methoxy groups -OCH3 is 2. The van der Waals surface area contributed by atoms with E-state index < -0.39 is 24.3 Å². The highest BCUT2D eigenvalue weighted by Crippen LogP contribution is 1.97. The molecule has 0 aliphatic rings. The van der Waals surface area contributed by atoms with Crippen LogP contribution in [0.15, 0.2) is 0 Å². The third kappa shape index (κ3) is 5.50. The molecule has 0 fully saturated rings. The quantitative estimate of drug-likeness (QED) is 0.490. The van der Waals surface area contributed by atoms with E-state index in [2.05, 4.69) is 10.6 Å². The van der Waals surface area contributed by atoms with Crippen LogP contribution in [0, 0.1) is 0 Å². The molecule has 0 aromatic rings. The van der Waals surface area contributed by atoms with Crippen LogP contribution >= 0.6 is 23.2 Å². The van der Waals surface area contributed by atoms with Crippen LogP contribution in [0.3, 0.4) is 0 Å². The van der Waals surface area contributed by atoms with Gasteiger partial charge in [0.2, 0.25) is 11.8 Å². The summed E-state index contributed by atoms with van der Waals surface area (Å²) in [5.41, 5.74) is 0. The van der Waals surface area contributed by atoms with Gasteiger partial charge in [-0.3, -0.25) is 9.59 Å². The third-order valence-corrected chi connectivity index (χ3v) is 2.12. The van der Waals surface area contributed by atoms with E-state index in [1.54, 1.807) is 0 Å². The Hall–Kier alpha value is -0.560. The minimum Gasteiger partial charge on any atom is -0.357 e. The first-order chi connectivity index (χ1) is 7.58. The molecule has 2 unspecified atom stereocenters. The average molecular weight is 273 g/mol. The van der Waals surface area contributed by atoms with Crippen LogP contribution in [0.5, 0.6) is 0 Å². The fourth-order valence-corrected chi connectivity index (χ4v) is 1.07. The molecule has 0 saturated carbocycles. The van der Waals surface area contributed by atoms with Gasteiger partial charge in [0.1, 0.15) is 11.8 Å². The fraction of sp³-hybridized carbons (Fsp3) is 0.750. The number of halogens is 2. The maximum absolute atomic E-state index is 11.0. The number of ether oxygens (including phenoxy) is 2. The van der Waals surface area contributed by atoms with Gasteiger partial charge in [0, 0.05) is 14.2 Å². The van der Waals surface area contributed by atoms with Gasteiger partial charge in [0.05, 0.1) is 0 Å². The number of alkyl halides is 2. The molecule has 0 radical (unpaired) electrons. The summed E-state index contributed by atoms with van der Waals surface area (Å²) in [6, 6.07) is 0. The maximum Gasteiger partial charge on any atom is 0.237 e. The van der Waals surface area contributed by atoms with Gasteiger partial charge in [-0.1, -0.05) is 0 Å². The lowest BCUT2D eigenvalue weighted by Gasteiger charge is -2.25. The number of carbonyl (C=O) groups is 2. The second-order valence-corrected chi connectivity index (χ2v) is 3.25. The summed E-state index contributed by atoms with van der Waals surface area (Å²) in [6.07, 6.45) is -1.66. The number of hydrogen-bond acceptors (Lipinski definition) is 4. The molecule has 2 N–H and O–H groups in total. The van der Waals surface area contributed by atoms with Gasteiger partial charge in [-0.2, -0.15) is 0 Å². The van der Waals surface area contributed by atoms with E-state index in [0.29, 0.717) is 0 Å². The molecule has 0 aromatic heterocycles. The van der Waals surface area contributed by atoms with Crippen molar-refractivity contribution in [1.29, 1.82) is 0 Å². The molecule has 0 rings (SSSR count). The van der Waals surface area contributed by atoms with Crippen LogP contribution in [0.4, 0.5) is 0 Å². The SMILES string of the molecule is COC(NC(=O)CCl)C(NC(=O)CCl)OC. The average Bonchev–Trinajstić information content (AvgIpc) is 2.32. The Morgan fingerprint density at radius 2 is 1.31 bits per heavy atom. The van der Waals surface area contributed by atoms with Crippen LogP contribution in [-0.4, -0.2) is 50.2 Å². The number of carbonyl (C=O) groups excluding carboxylic acids is 2. The molecule has 0 aliphatic heterocycles. The van der Waals surface area contributed by atoms with Crippen molar-refractivity contribution in [3.8, 4) is 0 Å². The van der Waals surface area contributed by atoms with Gasteiger partial charge < -0.3 is 20.1 Å². The summed E-state index contributed by atoms with van der Waals surface area (Å²) in [4.78, 5) is 22.1. The van der Waals surface area contributed by atoms with E-state index in [9.17, 15) is 9.59 Å². The third-order valence-electron chi connectivity index (χ3n) is 1.63. The zero-order chi connectivity index (χ0) is 12.6. The summed E-state index contributed by atoms with van der Waals surface area (Å²) in [7, 11) is 2.72. The molecule has 0 aliphatic carbocycles. The Morgan fingerprint density at radius 1 is 1.00 bits per heavy atom. The van der Waals surface area contributed by atoms with Gasteiger partial charge >= 0.3 is 0 Å². The number of hydrogen-bond donors (Lipinski definition) is 2. The topological polar surface area (TPSA) is 76.7 Å². The van der Waals surface area contributed by atoms with Crippen LogP contribution in [0.2, 0.25) is 0 Å². The predicted molar refractivity (Wildman–Crippen MR) is 59.3 cm³/mol. The lowest BCUT2D eigenvalue weighted by Crippen LogP contribution is -2.54. The summed E-state index contributed by atoms with van der Waals surface area (Å²) >= 11 is 10.6. The minimum absolute atomic E-state index is 0.209. The molecule has 0 bridgehead atoms. The number of amides is 2. The van der Waals surface area contributed by atoms with Crippen molar-refractivity contribution in [3.63, 3.8) is 0 Å². The largest absolute Gasteiger partial charge is 0.357 e. The van der Waals surface area contributed by atoms with Gasteiger partial charge in [-0.25, -0.2) is 0 Å². The highest BCUT2D eigenvalue weighted by atomic mass is 35.5.